The van der Waals surface area contributed by atoms with Crippen LogP contribution in [0.4, 0.5) is 5.69 Å². The van der Waals surface area contributed by atoms with Gasteiger partial charge in [-0.1, -0.05) is 69.8 Å². The summed E-state index contributed by atoms with van der Waals surface area (Å²) in [5.41, 5.74) is 3.17. The van der Waals surface area contributed by atoms with E-state index in [9.17, 15) is 14.9 Å². The van der Waals surface area contributed by atoms with Crippen LogP contribution in [0.15, 0.2) is 65.7 Å². The van der Waals surface area contributed by atoms with Crippen molar-refractivity contribution in [2.75, 3.05) is 0 Å². The third kappa shape index (κ3) is 6.21. The van der Waals surface area contributed by atoms with Crippen molar-refractivity contribution in [3.05, 3.63) is 86.4 Å². The Kier molecular flexibility index (Phi) is 8.97. The average molecular weight is 654 g/mol. The number of benzene rings is 2. The number of nitro groups is 1. The summed E-state index contributed by atoms with van der Waals surface area (Å²) in [6.45, 7) is 13.2. The molecule has 1 aromatic heterocycles. The van der Waals surface area contributed by atoms with E-state index in [1.807, 2.05) is 35.7 Å². The SMILES string of the molecule is CC[C@H](O[Si](C)(C)C(C)(C)C)[C@@H]1C(=O)N2C(C(=S)OCc3ccc([N+](=O)[O-])cc3)=C(c3nc(-c4ccccc4)cs3)S[C@H]12. The van der Waals surface area contributed by atoms with Gasteiger partial charge in [0.05, 0.1) is 27.5 Å². The molecular formula is C31H35N3O5S3Si. The first-order chi connectivity index (χ1) is 20.3. The first-order valence-corrected chi connectivity index (χ1v) is 19.2. The van der Waals surface area contributed by atoms with Gasteiger partial charge in [0.15, 0.2) is 8.32 Å². The molecule has 1 fully saturated rings. The molecule has 2 aromatic carbocycles. The van der Waals surface area contributed by atoms with Gasteiger partial charge in [-0.25, -0.2) is 4.98 Å². The van der Waals surface area contributed by atoms with E-state index in [4.69, 9.17) is 26.4 Å². The molecule has 43 heavy (non-hydrogen) atoms. The Hall–Kier alpha value is -2.90. The highest BCUT2D eigenvalue weighted by Gasteiger charge is 2.59. The van der Waals surface area contributed by atoms with Gasteiger partial charge in [0.25, 0.3) is 5.69 Å². The third-order valence-electron chi connectivity index (χ3n) is 8.31. The van der Waals surface area contributed by atoms with Crippen molar-refractivity contribution >= 4 is 65.2 Å². The van der Waals surface area contributed by atoms with Gasteiger partial charge in [-0.05, 0) is 54.5 Å². The summed E-state index contributed by atoms with van der Waals surface area (Å²) < 4.78 is 12.9. The van der Waals surface area contributed by atoms with Crippen molar-refractivity contribution in [2.24, 2.45) is 5.92 Å². The van der Waals surface area contributed by atoms with Crippen LogP contribution in [-0.4, -0.2) is 45.6 Å². The van der Waals surface area contributed by atoms with Crippen molar-refractivity contribution in [3.8, 4) is 11.3 Å². The lowest BCUT2D eigenvalue weighted by Gasteiger charge is -2.49. The standard InChI is InChI=1S/C31H35N3O5S3Si/c1-7-23(39-43(5,6)31(2,3)4)24-28(35)33-25(30(40)38-17-19-13-15-21(16-14-19)34(36)37)26(42-29(24)33)27-32-22(18-41-27)20-11-9-8-10-12-20/h8-16,18,23-24,29H,7,17H2,1-6H3/t23-,24+,29+/m0/s1. The number of ether oxygens (including phenoxy) is 1. The molecule has 0 saturated carbocycles. The molecule has 12 heteroatoms. The number of thiazole rings is 1. The van der Waals surface area contributed by atoms with E-state index < -0.39 is 13.2 Å². The van der Waals surface area contributed by atoms with Crippen LogP contribution in [0.2, 0.25) is 18.1 Å². The molecule has 226 valence electrons. The summed E-state index contributed by atoms with van der Waals surface area (Å²) in [6, 6.07) is 16.1. The van der Waals surface area contributed by atoms with Crippen LogP contribution in [0, 0.1) is 16.0 Å². The molecule has 5 rings (SSSR count). The van der Waals surface area contributed by atoms with Gasteiger partial charge in [0.1, 0.15) is 22.7 Å². The molecule has 1 amide bonds. The highest BCUT2D eigenvalue weighted by Crippen LogP contribution is 2.56. The smallest absolute Gasteiger partial charge is 0.269 e. The van der Waals surface area contributed by atoms with E-state index in [1.165, 1.54) is 23.5 Å². The molecule has 0 N–H and O–H groups in total. The van der Waals surface area contributed by atoms with Crippen molar-refractivity contribution < 1.29 is 18.9 Å². The second kappa shape index (κ2) is 12.2. The van der Waals surface area contributed by atoms with Crippen molar-refractivity contribution in [1.82, 2.24) is 9.88 Å². The van der Waals surface area contributed by atoms with Crippen LogP contribution >= 0.6 is 35.3 Å². The minimum Gasteiger partial charge on any atom is -0.477 e. The Balaban J connectivity index is 1.44. The minimum atomic E-state index is -2.12. The zero-order valence-corrected chi connectivity index (χ0v) is 28.5. The Morgan fingerprint density at radius 1 is 1.16 bits per heavy atom. The average Bonchev–Trinajstić information content (AvgIpc) is 3.59. The largest absolute Gasteiger partial charge is 0.477 e. The number of amides is 1. The van der Waals surface area contributed by atoms with Gasteiger partial charge in [0, 0.05) is 23.1 Å². The number of fused-ring (bicyclic) bond motifs is 1. The van der Waals surface area contributed by atoms with Gasteiger partial charge < -0.3 is 9.16 Å². The maximum Gasteiger partial charge on any atom is 0.269 e. The topological polar surface area (TPSA) is 94.8 Å². The zero-order chi connectivity index (χ0) is 31.1. The maximum absolute atomic E-state index is 13.9. The summed E-state index contributed by atoms with van der Waals surface area (Å²) in [6.07, 6.45) is 0.531. The van der Waals surface area contributed by atoms with E-state index >= 15 is 0 Å². The van der Waals surface area contributed by atoms with Gasteiger partial charge in [-0.15, -0.1) is 11.3 Å². The van der Waals surface area contributed by atoms with Crippen LogP contribution in [0.3, 0.4) is 0 Å². The van der Waals surface area contributed by atoms with Crippen molar-refractivity contribution in [3.63, 3.8) is 0 Å². The molecule has 0 spiro atoms. The quantitative estimate of drug-likeness (QED) is 0.0710. The third-order valence-corrected chi connectivity index (χ3v) is 15.5. The minimum absolute atomic E-state index is 0.00644. The molecule has 0 aliphatic carbocycles. The molecule has 3 heterocycles. The van der Waals surface area contributed by atoms with Crippen molar-refractivity contribution in [2.45, 2.75) is 70.3 Å². The molecule has 2 aliphatic heterocycles. The predicted octanol–water partition coefficient (Wildman–Crippen LogP) is 8.26. The molecule has 1 saturated heterocycles. The number of nitro benzene ring substituents is 1. The number of carbonyl (C=O) groups excluding carboxylic acids is 1. The lowest BCUT2D eigenvalue weighted by Crippen LogP contribution is -2.63. The number of carbonyl (C=O) groups is 1. The van der Waals surface area contributed by atoms with E-state index in [0.29, 0.717) is 5.70 Å². The number of rotatable bonds is 10. The number of hydrogen-bond acceptors (Lipinski definition) is 9. The number of non-ortho nitro benzene ring substituents is 1. The first-order valence-electron chi connectivity index (χ1n) is 14.2. The van der Waals surface area contributed by atoms with Gasteiger partial charge in [0.2, 0.25) is 11.0 Å². The molecule has 3 atom stereocenters. The van der Waals surface area contributed by atoms with Crippen LogP contribution in [0.1, 0.15) is 44.7 Å². The van der Waals surface area contributed by atoms with Gasteiger partial charge in [-0.3, -0.25) is 19.8 Å². The normalized spacial score (nSPS) is 19.2. The van der Waals surface area contributed by atoms with Crippen LogP contribution in [0.25, 0.3) is 16.2 Å². The van der Waals surface area contributed by atoms with Crippen LogP contribution in [-0.2, 0) is 20.6 Å². The maximum atomic E-state index is 13.9. The summed E-state index contributed by atoms with van der Waals surface area (Å²) in [5.74, 6) is -0.322. The Morgan fingerprint density at radius 2 is 1.84 bits per heavy atom. The number of thiocarbonyl (C=S) groups is 1. The second-order valence-corrected chi connectivity index (χ2v) is 19.3. The zero-order valence-electron chi connectivity index (χ0n) is 25.0. The van der Waals surface area contributed by atoms with Crippen LogP contribution in [0.5, 0.6) is 0 Å². The van der Waals surface area contributed by atoms with Gasteiger partial charge in [-0.2, -0.15) is 0 Å². The number of β-lactam (4-membered cyclic amide) rings is 1. The van der Waals surface area contributed by atoms with E-state index in [0.717, 1.165) is 33.2 Å². The van der Waals surface area contributed by atoms with Crippen LogP contribution < -0.4 is 0 Å². The highest BCUT2D eigenvalue weighted by atomic mass is 32.2. The molecule has 2 aliphatic rings. The van der Waals surface area contributed by atoms with E-state index in [1.54, 1.807) is 28.8 Å². The monoisotopic (exact) mass is 653 g/mol. The fourth-order valence-corrected chi connectivity index (χ4v) is 9.08. The number of aromatic nitrogens is 1. The van der Waals surface area contributed by atoms with E-state index in [2.05, 4.69) is 40.8 Å². The highest BCUT2D eigenvalue weighted by molar-refractivity contribution is 8.09. The fourth-order valence-electron chi connectivity index (χ4n) is 4.84. The molecule has 0 unspecified atom stereocenters. The lowest BCUT2D eigenvalue weighted by atomic mass is 9.90. The number of thioether (sulfide) groups is 1. The molecule has 8 nitrogen and oxygen atoms in total. The number of hydrogen-bond donors (Lipinski definition) is 0. The molecule has 3 aromatic rings. The fraction of sp³-hybridized carbons (Fsp3) is 0.387. The summed E-state index contributed by atoms with van der Waals surface area (Å²) in [4.78, 5) is 32.0. The van der Waals surface area contributed by atoms with E-state index in [-0.39, 0.29) is 45.7 Å². The Labute approximate surface area is 266 Å². The summed E-state index contributed by atoms with van der Waals surface area (Å²) in [5, 5.41) is 13.9. The molecular weight excluding hydrogens is 619 g/mol. The summed E-state index contributed by atoms with van der Waals surface area (Å²) >= 11 is 8.91. The lowest BCUT2D eigenvalue weighted by molar-refractivity contribution is -0.384. The molecule has 0 radical (unpaired) electrons. The van der Waals surface area contributed by atoms with Crippen molar-refractivity contribution in [1.29, 1.82) is 0 Å². The Morgan fingerprint density at radius 3 is 2.44 bits per heavy atom. The first kappa shape index (κ1) is 31.5. The van der Waals surface area contributed by atoms with Gasteiger partial charge >= 0.3 is 0 Å². The summed E-state index contributed by atoms with van der Waals surface area (Å²) in [7, 11) is -2.12. The number of nitrogens with zero attached hydrogens (tertiary/aromatic N) is 3. The molecule has 0 bridgehead atoms. The predicted molar refractivity (Wildman–Crippen MR) is 179 cm³/mol. The second-order valence-electron chi connectivity index (χ2n) is 12.1. The Bertz CT molecular complexity index is 1570.